The molecule has 0 heterocycles. The van der Waals surface area contributed by atoms with Gasteiger partial charge in [-0.1, -0.05) is 27.7 Å². The van der Waals surface area contributed by atoms with Crippen LogP contribution in [0.1, 0.15) is 40.5 Å². The summed E-state index contributed by atoms with van der Waals surface area (Å²) in [5.41, 5.74) is 0. The van der Waals surface area contributed by atoms with Crippen molar-refractivity contribution >= 4 is 37.7 Å². The van der Waals surface area contributed by atoms with E-state index in [2.05, 4.69) is 27.7 Å². The van der Waals surface area contributed by atoms with Crippen molar-refractivity contribution < 1.29 is 5.11 Å². The van der Waals surface area contributed by atoms with Crippen LogP contribution < -0.4 is 0 Å². The number of rotatable bonds is 4. The molecule has 0 aliphatic rings. The maximum absolute atomic E-state index is 9.39. The molecule has 0 aromatic carbocycles. The van der Waals surface area contributed by atoms with Crippen LogP contribution in [0, 0.1) is 11.8 Å². The Bertz CT molecular complexity index is 71.6. The third-order valence-electron chi connectivity index (χ3n) is 1.49. The van der Waals surface area contributed by atoms with Crippen LogP contribution in [-0.2, 0) is 0 Å². The van der Waals surface area contributed by atoms with Crippen molar-refractivity contribution in [2.24, 2.45) is 11.8 Å². The van der Waals surface area contributed by atoms with Gasteiger partial charge < -0.3 is 5.11 Å². The molecule has 1 nitrogen and oxygen atoms in total. The van der Waals surface area contributed by atoms with Crippen molar-refractivity contribution in [1.29, 1.82) is 0 Å². The quantitative estimate of drug-likeness (QED) is 0.660. The number of hydrogen-bond acceptors (Lipinski definition) is 1. The second-order valence-electron chi connectivity index (χ2n) is 3.91. The van der Waals surface area contributed by atoms with Gasteiger partial charge in [0.1, 0.15) is 0 Å². The van der Waals surface area contributed by atoms with Crippen molar-refractivity contribution in [2.75, 3.05) is 0 Å². The predicted octanol–water partition coefficient (Wildman–Crippen LogP) is 1.52. The molecule has 2 heteroatoms. The van der Waals surface area contributed by atoms with Gasteiger partial charge >= 0.3 is 37.7 Å². The summed E-state index contributed by atoms with van der Waals surface area (Å²) in [7, 11) is 0. The normalized spacial score (nSPS) is 10.9. The van der Waals surface area contributed by atoms with E-state index in [1.54, 1.807) is 0 Å². The summed E-state index contributed by atoms with van der Waals surface area (Å²) in [6, 6.07) is 0. The summed E-state index contributed by atoms with van der Waals surface area (Å²) >= 11 is 0. The first-order chi connectivity index (χ1) is 4.52. The van der Waals surface area contributed by atoms with E-state index in [1.165, 1.54) is 0 Å². The van der Waals surface area contributed by atoms with Gasteiger partial charge in [0.25, 0.3) is 0 Å². The van der Waals surface area contributed by atoms with Crippen LogP contribution >= 0.6 is 0 Å². The molecule has 0 radical (unpaired) electrons. The third kappa shape index (κ3) is 11.2. The van der Waals surface area contributed by atoms with Gasteiger partial charge in [-0.3, -0.25) is 0 Å². The van der Waals surface area contributed by atoms with Crippen LogP contribution in [0.5, 0.6) is 0 Å². The standard InChI is InChI=1S/C9H20O.Ca.2H/c1-7(2)5-9(10)6-8(3)4;;;/h7-10H,5-6H2,1-4H3;;;. The fraction of sp³-hybridized carbons (Fsp3) is 1.00. The summed E-state index contributed by atoms with van der Waals surface area (Å²) in [6.07, 6.45) is 1.80. The Labute approximate surface area is 101 Å². The molecule has 0 atom stereocenters. The van der Waals surface area contributed by atoms with Gasteiger partial charge in [-0.15, -0.1) is 0 Å². The molecule has 0 saturated carbocycles. The second-order valence-corrected chi connectivity index (χ2v) is 3.91. The molecule has 0 amide bonds. The topological polar surface area (TPSA) is 20.2 Å². The molecule has 0 rings (SSSR count). The zero-order valence-electron chi connectivity index (χ0n) is 7.59. The Morgan fingerprint density at radius 1 is 0.909 bits per heavy atom. The molecule has 0 bridgehead atoms. The van der Waals surface area contributed by atoms with E-state index in [9.17, 15) is 5.11 Å². The fourth-order valence-electron chi connectivity index (χ4n) is 1.18. The fourth-order valence-corrected chi connectivity index (χ4v) is 1.18. The summed E-state index contributed by atoms with van der Waals surface area (Å²) in [5, 5.41) is 9.39. The second kappa shape index (κ2) is 7.85. The van der Waals surface area contributed by atoms with Crippen LogP contribution in [0.4, 0.5) is 0 Å². The van der Waals surface area contributed by atoms with E-state index in [0.717, 1.165) is 12.8 Å². The van der Waals surface area contributed by atoms with Crippen LogP contribution in [0.2, 0.25) is 0 Å². The molecular formula is C9H22CaO. The molecule has 0 saturated heterocycles. The average Bonchev–Trinajstić information content (AvgIpc) is 1.58. The Balaban J connectivity index is 0. The van der Waals surface area contributed by atoms with E-state index >= 15 is 0 Å². The van der Waals surface area contributed by atoms with Crippen molar-refractivity contribution in [3.8, 4) is 0 Å². The molecule has 11 heavy (non-hydrogen) atoms. The molecule has 0 spiro atoms. The van der Waals surface area contributed by atoms with Gasteiger partial charge in [-0.05, 0) is 24.7 Å². The molecular weight excluding hydrogens is 164 g/mol. The Morgan fingerprint density at radius 3 is 1.36 bits per heavy atom. The molecule has 0 fully saturated rings. The van der Waals surface area contributed by atoms with E-state index in [1.807, 2.05) is 0 Å². The van der Waals surface area contributed by atoms with Crippen molar-refractivity contribution in [3.05, 3.63) is 0 Å². The zero-order chi connectivity index (χ0) is 8.15. The van der Waals surface area contributed by atoms with Crippen LogP contribution in [0.3, 0.4) is 0 Å². The van der Waals surface area contributed by atoms with Gasteiger partial charge in [0, 0.05) is 0 Å². The Hall–Kier alpha value is 1.22. The predicted molar refractivity (Wildman–Crippen MR) is 53.5 cm³/mol. The minimum absolute atomic E-state index is 0. The summed E-state index contributed by atoms with van der Waals surface area (Å²) in [5.74, 6) is 1.24. The molecule has 0 aliphatic carbocycles. The van der Waals surface area contributed by atoms with Crippen molar-refractivity contribution in [2.45, 2.75) is 46.6 Å². The SMILES string of the molecule is CC(C)CC(O)CC(C)C.[CaH2]. The van der Waals surface area contributed by atoms with Crippen LogP contribution in [0.15, 0.2) is 0 Å². The van der Waals surface area contributed by atoms with Gasteiger partial charge in [0.05, 0.1) is 6.10 Å². The number of aliphatic hydroxyl groups is 1. The van der Waals surface area contributed by atoms with E-state index in [0.29, 0.717) is 11.8 Å². The molecule has 66 valence electrons. The van der Waals surface area contributed by atoms with Crippen molar-refractivity contribution in [1.82, 2.24) is 0 Å². The molecule has 0 aromatic rings. The summed E-state index contributed by atoms with van der Waals surface area (Å²) in [4.78, 5) is 0. The first-order valence-electron chi connectivity index (χ1n) is 4.20. The average molecular weight is 186 g/mol. The number of aliphatic hydroxyl groups excluding tert-OH is 1. The van der Waals surface area contributed by atoms with Crippen LogP contribution in [-0.4, -0.2) is 48.9 Å². The maximum atomic E-state index is 9.39. The van der Waals surface area contributed by atoms with Crippen molar-refractivity contribution in [3.63, 3.8) is 0 Å². The monoisotopic (exact) mass is 186 g/mol. The molecule has 0 aliphatic heterocycles. The van der Waals surface area contributed by atoms with E-state index in [-0.39, 0.29) is 43.8 Å². The van der Waals surface area contributed by atoms with Gasteiger partial charge in [-0.2, -0.15) is 0 Å². The molecule has 0 unspecified atom stereocenters. The minimum atomic E-state index is -0.0833. The third-order valence-corrected chi connectivity index (χ3v) is 1.49. The number of hydrogen-bond donors (Lipinski definition) is 1. The Kier molecular flexibility index (Phi) is 10.5. The molecule has 1 N–H and O–H groups in total. The van der Waals surface area contributed by atoms with Gasteiger partial charge in [-0.25, -0.2) is 0 Å². The summed E-state index contributed by atoms with van der Waals surface area (Å²) in [6.45, 7) is 8.57. The van der Waals surface area contributed by atoms with E-state index in [4.69, 9.17) is 0 Å². The molecule has 0 aromatic heterocycles. The Morgan fingerprint density at radius 2 is 1.18 bits per heavy atom. The van der Waals surface area contributed by atoms with Gasteiger partial charge in [0.15, 0.2) is 0 Å². The zero-order valence-corrected chi connectivity index (χ0v) is 7.59. The first-order valence-corrected chi connectivity index (χ1v) is 4.20. The first kappa shape index (κ1) is 14.7. The van der Waals surface area contributed by atoms with Crippen LogP contribution in [0.25, 0.3) is 0 Å². The van der Waals surface area contributed by atoms with Gasteiger partial charge in [0.2, 0.25) is 0 Å². The summed E-state index contributed by atoms with van der Waals surface area (Å²) < 4.78 is 0. The van der Waals surface area contributed by atoms with E-state index < -0.39 is 0 Å².